The molecule has 26 heavy (non-hydrogen) atoms. The Kier molecular flexibility index (Phi) is 4.48. The van der Waals surface area contributed by atoms with Crippen molar-refractivity contribution in [3.63, 3.8) is 0 Å². The zero-order valence-electron chi connectivity index (χ0n) is 15.9. The predicted molar refractivity (Wildman–Crippen MR) is 100 cm³/mol. The van der Waals surface area contributed by atoms with Crippen LogP contribution in [-0.4, -0.2) is 23.9 Å². The third-order valence-corrected chi connectivity index (χ3v) is 8.34. The molecule has 5 aliphatic carbocycles. The first kappa shape index (κ1) is 17.1. The first-order chi connectivity index (χ1) is 12.7. The molecule has 5 fully saturated rings. The minimum Gasteiger partial charge on any atom is -0.351 e. The number of carbonyl (C=O) groups is 2. The van der Waals surface area contributed by atoms with Gasteiger partial charge in [-0.1, -0.05) is 38.5 Å². The van der Waals surface area contributed by atoms with E-state index in [0.29, 0.717) is 23.7 Å². The third-order valence-electron chi connectivity index (χ3n) is 8.34. The second-order valence-electron chi connectivity index (χ2n) is 9.79. The Bertz CT molecular complexity index is 502. The molecule has 4 heteroatoms. The summed E-state index contributed by atoms with van der Waals surface area (Å²) in [5, 5.41) is 6.72. The standard InChI is InChI=1S/C22H34N2O2/c25-21(19-13-7-1-2-8-14(13)19)23-17-11-5-6-12-18(17)24-22(26)20-15-9-3-4-10-16(15)20/h13-20H,1-12H2,(H,23,25)(H,24,26)/t13-,14-,15-,16+,17+,18-,20?/m0/s1. The van der Waals surface area contributed by atoms with Crippen LogP contribution in [0.3, 0.4) is 0 Å². The van der Waals surface area contributed by atoms with Crippen molar-refractivity contribution >= 4 is 11.8 Å². The van der Waals surface area contributed by atoms with Gasteiger partial charge in [-0.15, -0.1) is 0 Å². The van der Waals surface area contributed by atoms with Gasteiger partial charge in [-0.3, -0.25) is 9.59 Å². The predicted octanol–water partition coefficient (Wildman–Crippen LogP) is 3.40. The van der Waals surface area contributed by atoms with Crippen LogP contribution in [0.1, 0.15) is 77.0 Å². The summed E-state index contributed by atoms with van der Waals surface area (Å²) >= 11 is 0. The molecule has 5 aliphatic rings. The summed E-state index contributed by atoms with van der Waals surface area (Å²) < 4.78 is 0. The summed E-state index contributed by atoms with van der Waals surface area (Å²) in [6.07, 6.45) is 14.6. The molecule has 144 valence electrons. The minimum absolute atomic E-state index is 0.156. The number of hydrogen-bond acceptors (Lipinski definition) is 2. The van der Waals surface area contributed by atoms with Crippen LogP contribution in [0.4, 0.5) is 0 Å². The topological polar surface area (TPSA) is 58.2 Å². The molecule has 4 nitrogen and oxygen atoms in total. The van der Waals surface area contributed by atoms with Crippen molar-refractivity contribution in [3.05, 3.63) is 0 Å². The Morgan fingerprint density at radius 3 is 1.15 bits per heavy atom. The van der Waals surface area contributed by atoms with Gasteiger partial charge >= 0.3 is 0 Å². The highest BCUT2D eigenvalue weighted by molar-refractivity contribution is 5.84. The highest BCUT2D eigenvalue weighted by Crippen LogP contribution is 2.56. The summed E-state index contributed by atoms with van der Waals surface area (Å²) in [5.74, 6) is 3.78. The van der Waals surface area contributed by atoms with Crippen LogP contribution in [0.5, 0.6) is 0 Å². The molecule has 1 unspecified atom stereocenters. The number of carbonyl (C=O) groups excluding carboxylic acids is 2. The van der Waals surface area contributed by atoms with Crippen molar-refractivity contribution in [2.45, 2.75) is 89.1 Å². The molecule has 0 aromatic rings. The van der Waals surface area contributed by atoms with E-state index in [1.807, 2.05) is 0 Å². The Hall–Kier alpha value is -1.06. The fraction of sp³-hybridized carbons (Fsp3) is 0.909. The summed E-state index contributed by atoms with van der Waals surface area (Å²) in [7, 11) is 0. The second-order valence-corrected chi connectivity index (χ2v) is 9.79. The number of hydrogen-bond donors (Lipinski definition) is 2. The van der Waals surface area contributed by atoms with E-state index in [-0.39, 0.29) is 35.7 Å². The first-order valence-corrected chi connectivity index (χ1v) is 11.3. The zero-order valence-corrected chi connectivity index (χ0v) is 15.9. The highest BCUT2D eigenvalue weighted by atomic mass is 16.2. The van der Waals surface area contributed by atoms with E-state index in [2.05, 4.69) is 10.6 Å². The van der Waals surface area contributed by atoms with Crippen LogP contribution in [0.15, 0.2) is 0 Å². The summed E-state index contributed by atoms with van der Waals surface area (Å²) in [5.41, 5.74) is 0. The number of nitrogens with one attached hydrogen (secondary N) is 2. The lowest BCUT2D eigenvalue weighted by molar-refractivity contribution is -0.126. The first-order valence-electron chi connectivity index (χ1n) is 11.3. The van der Waals surface area contributed by atoms with E-state index in [1.54, 1.807) is 0 Å². The van der Waals surface area contributed by atoms with Crippen LogP contribution in [0.2, 0.25) is 0 Å². The van der Waals surface area contributed by atoms with Gasteiger partial charge in [0.15, 0.2) is 0 Å². The van der Waals surface area contributed by atoms with Gasteiger partial charge < -0.3 is 10.6 Å². The molecule has 0 radical (unpaired) electrons. The lowest BCUT2D eigenvalue weighted by Crippen LogP contribution is -2.54. The van der Waals surface area contributed by atoms with E-state index in [9.17, 15) is 9.59 Å². The Morgan fingerprint density at radius 2 is 0.808 bits per heavy atom. The summed E-state index contributed by atoms with van der Waals surface area (Å²) in [6, 6.07) is 0.312. The van der Waals surface area contributed by atoms with Crippen LogP contribution in [0, 0.1) is 35.5 Å². The summed E-state index contributed by atoms with van der Waals surface area (Å²) in [4.78, 5) is 25.6. The molecule has 0 heterocycles. The normalized spacial score (nSPS) is 46.5. The van der Waals surface area contributed by atoms with Crippen LogP contribution in [0.25, 0.3) is 0 Å². The molecule has 5 saturated carbocycles. The molecule has 0 spiro atoms. The lowest BCUT2D eigenvalue weighted by atomic mass is 9.89. The van der Waals surface area contributed by atoms with Crippen LogP contribution in [-0.2, 0) is 9.59 Å². The number of amides is 2. The van der Waals surface area contributed by atoms with Gasteiger partial charge in [0.05, 0.1) is 0 Å². The fourth-order valence-corrected chi connectivity index (χ4v) is 6.80. The number of rotatable bonds is 4. The van der Waals surface area contributed by atoms with Crippen molar-refractivity contribution in [1.29, 1.82) is 0 Å². The minimum atomic E-state index is 0.156. The number of fused-ring (bicyclic) bond motifs is 2. The van der Waals surface area contributed by atoms with E-state index in [1.165, 1.54) is 64.2 Å². The molecule has 7 atom stereocenters. The van der Waals surface area contributed by atoms with Gasteiger partial charge in [0, 0.05) is 23.9 Å². The van der Waals surface area contributed by atoms with Crippen molar-refractivity contribution in [3.8, 4) is 0 Å². The maximum atomic E-state index is 12.8. The van der Waals surface area contributed by atoms with E-state index >= 15 is 0 Å². The maximum absolute atomic E-state index is 12.8. The SMILES string of the molecule is O=C(N[C@@H]1CCCC[C@@H]1NC(=O)C1[C@H]2CCCC[C@@H]12)C1[C@H]2CCCC[C@H]12. The average Bonchev–Trinajstić information content (AvgIpc) is 3.55. The van der Waals surface area contributed by atoms with Crippen LogP contribution >= 0.6 is 0 Å². The average molecular weight is 359 g/mol. The molecule has 2 amide bonds. The molecule has 0 aliphatic heterocycles. The van der Waals surface area contributed by atoms with E-state index in [0.717, 1.165) is 12.8 Å². The van der Waals surface area contributed by atoms with Gasteiger partial charge in [0.25, 0.3) is 0 Å². The lowest BCUT2D eigenvalue weighted by Gasteiger charge is -2.33. The Balaban J connectivity index is 1.17. The molecule has 0 bridgehead atoms. The fourth-order valence-electron chi connectivity index (χ4n) is 6.80. The quantitative estimate of drug-likeness (QED) is 0.809. The molecule has 5 rings (SSSR count). The molecule has 0 aromatic carbocycles. The smallest absolute Gasteiger partial charge is 0.223 e. The molecule has 0 saturated heterocycles. The van der Waals surface area contributed by atoms with Crippen molar-refractivity contribution in [2.75, 3.05) is 0 Å². The second kappa shape index (κ2) is 6.83. The van der Waals surface area contributed by atoms with Crippen LogP contribution < -0.4 is 10.6 Å². The zero-order chi connectivity index (χ0) is 17.7. The van der Waals surface area contributed by atoms with Gasteiger partial charge in [0.2, 0.25) is 11.8 Å². The molecular formula is C22H34N2O2. The van der Waals surface area contributed by atoms with Gasteiger partial charge in [0.1, 0.15) is 0 Å². The van der Waals surface area contributed by atoms with E-state index < -0.39 is 0 Å². The van der Waals surface area contributed by atoms with Gasteiger partial charge in [-0.05, 0) is 62.2 Å². The Labute approximate surface area is 157 Å². The molecule has 2 N–H and O–H groups in total. The Morgan fingerprint density at radius 1 is 0.500 bits per heavy atom. The third kappa shape index (κ3) is 3.07. The van der Waals surface area contributed by atoms with Crippen molar-refractivity contribution < 1.29 is 9.59 Å². The van der Waals surface area contributed by atoms with Gasteiger partial charge in [-0.2, -0.15) is 0 Å². The molecular weight excluding hydrogens is 324 g/mol. The highest BCUT2D eigenvalue weighted by Gasteiger charge is 2.56. The van der Waals surface area contributed by atoms with Crippen molar-refractivity contribution in [2.24, 2.45) is 35.5 Å². The monoisotopic (exact) mass is 358 g/mol. The molecule has 0 aromatic heterocycles. The summed E-state index contributed by atoms with van der Waals surface area (Å²) in [6.45, 7) is 0. The largest absolute Gasteiger partial charge is 0.351 e. The van der Waals surface area contributed by atoms with Gasteiger partial charge in [-0.25, -0.2) is 0 Å². The van der Waals surface area contributed by atoms with E-state index in [4.69, 9.17) is 0 Å². The maximum Gasteiger partial charge on any atom is 0.223 e. The van der Waals surface area contributed by atoms with Crippen molar-refractivity contribution in [1.82, 2.24) is 10.6 Å².